The third kappa shape index (κ3) is 3.45. The smallest absolute Gasteiger partial charge is 0.123 e. The summed E-state index contributed by atoms with van der Waals surface area (Å²) >= 11 is 1.70. The largest absolute Gasteiger partial charge is 0.377 e. The fourth-order valence-corrected chi connectivity index (χ4v) is 2.97. The molecule has 1 unspecified atom stereocenters. The van der Waals surface area contributed by atoms with Crippen LogP contribution in [0.3, 0.4) is 0 Å². The molecule has 90 valence electrons. The van der Waals surface area contributed by atoms with Crippen molar-refractivity contribution in [1.29, 1.82) is 5.26 Å². The van der Waals surface area contributed by atoms with Gasteiger partial charge in [-0.1, -0.05) is 0 Å². The molecule has 1 aliphatic rings. The van der Waals surface area contributed by atoms with Gasteiger partial charge < -0.3 is 4.74 Å². The van der Waals surface area contributed by atoms with Crippen molar-refractivity contribution in [3.8, 4) is 6.07 Å². The SMILES string of the molecule is N#Cc1ccc(F)cc1CSCC1CCCO1. The average molecular weight is 251 g/mol. The van der Waals surface area contributed by atoms with Gasteiger partial charge in [-0.2, -0.15) is 17.0 Å². The number of halogens is 1. The summed E-state index contributed by atoms with van der Waals surface area (Å²) in [6.07, 6.45) is 2.58. The average Bonchev–Trinajstić information content (AvgIpc) is 2.82. The van der Waals surface area contributed by atoms with E-state index in [4.69, 9.17) is 10.00 Å². The predicted molar refractivity (Wildman–Crippen MR) is 66.3 cm³/mol. The van der Waals surface area contributed by atoms with E-state index in [1.165, 1.54) is 18.2 Å². The lowest BCUT2D eigenvalue weighted by molar-refractivity contribution is 0.129. The van der Waals surface area contributed by atoms with Crippen molar-refractivity contribution in [2.24, 2.45) is 0 Å². The molecule has 1 fully saturated rings. The van der Waals surface area contributed by atoms with Gasteiger partial charge in [-0.25, -0.2) is 4.39 Å². The summed E-state index contributed by atoms with van der Waals surface area (Å²) in [5.41, 5.74) is 1.33. The van der Waals surface area contributed by atoms with Crippen molar-refractivity contribution in [2.45, 2.75) is 24.7 Å². The summed E-state index contributed by atoms with van der Waals surface area (Å²) in [5, 5.41) is 8.91. The molecule has 1 aromatic rings. The Hall–Kier alpha value is -1.05. The van der Waals surface area contributed by atoms with Crippen LogP contribution in [0.15, 0.2) is 18.2 Å². The van der Waals surface area contributed by atoms with Crippen LogP contribution >= 0.6 is 11.8 Å². The van der Waals surface area contributed by atoms with E-state index < -0.39 is 0 Å². The zero-order valence-corrected chi connectivity index (χ0v) is 10.3. The fourth-order valence-electron chi connectivity index (χ4n) is 1.87. The highest BCUT2D eigenvalue weighted by molar-refractivity contribution is 7.98. The van der Waals surface area contributed by atoms with Gasteiger partial charge in [0.1, 0.15) is 5.82 Å². The second kappa shape index (κ2) is 6.04. The van der Waals surface area contributed by atoms with E-state index in [-0.39, 0.29) is 5.82 Å². The second-order valence-electron chi connectivity index (χ2n) is 4.06. The lowest BCUT2D eigenvalue weighted by Gasteiger charge is -2.09. The summed E-state index contributed by atoms with van der Waals surface area (Å²) in [6, 6.07) is 6.40. The van der Waals surface area contributed by atoms with Gasteiger partial charge in [0, 0.05) is 18.1 Å². The monoisotopic (exact) mass is 251 g/mol. The van der Waals surface area contributed by atoms with Crippen molar-refractivity contribution in [3.63, 3.8) is 0 Å². The zero-order valence-electron chi connectivity index (χ0n) is 9.49. The van der Waals surface area contributed by atoms with Gasteiger partial charge >= 0.3 is 0 Å². The molecule has 0 N–H and O–H groups in total. The van der Waals surface area contributed by atoms with Crippen LogP contribution < -0.4 is 0 Å². The lowest BCUT2D eigenvalue weighted by Crippen LogP contribution is -2.08. The molecule has 0 spiro atoms. The number of thioether (sulfide) groups is 1. The molecule has 1 aromatic carbocycles. The maximum absolute atomic E-state index is 13.1. The van der Waals surface area contributed by atoms with Gasteiger partial charge in [0.25, 0.3) is 0 Å². The van der Waals surface area contributed by atoms with E-state index >= 15 is 0 Å². The minimum atomic E-state index is -0.281. The standard InChI is InChI=1S/C13H14FNOS/c14-12-4-3-10(7-15)11(6-12)8-17-9-13-2-1-5-16-13/h3-4,6,13H,1-2,5,8-9H2. The third-order valence-electron chi connectivity index (χ3n) is 2.77. The lowest BCUT2D eigenvalue weighted by atomic mass is 10.1. The quantitative estimate of drug-likeness (QED) is 0.824. The van der Waals surface area contributed by atoms with E-state index in [0.29, 0.717) is 17.4 Å². The number of rotatable bonds is 4. The number of ether oxygens (including phenoxy) is 1. The van der Waals surface area contributed by atoms with Crippen LogP contribution in [0.2, 0.25) is 0 Å². The van der Waals surface area contributed by atoms with Crippen molar-refractivity contribution in [2.75, 3.05) is 12.4 Å². The van der Waals surface area contributed by atoms with Crippen LogP contribution in [0.4, 0.5) is 4.39 Å². The zero-order chi connectivity index (χ0) is 12.1. The maximum Gasteiger partial charge on any atom is 0.123 e. The molecular weight excluding hydrogens is 237 g/mol. The van der Waals surface area contributed by atoms with Crippen LogP contribution in [0, 0.1) is 17.1 Å². The molecule has 1 aliphatic heterocycles. The first-order chi connectivity index (χ1) is 8.29. The molecule has 4 heteroatoms. The van der Waals surface area contributed by atoms with Gasteiger partial charge in [-0.3, -0.25) is 0 Å². The van der Waals surface area contributed by atoms with Crippen molar-refractivity contribution in [1.82, 2.24) is 0 Å². The number of nitriles is 1. The summed E-state index contributed by atoms with van der Waals surface area (Å²) in [4.78, 5) is 0. The van der Waals surface area contributed by atoms with Crippen LogP contribution in [0.25, 0.3) is 0 Å². The number of benzene rings is 1. The predicted octanol–water partition coefficient (Wildman–Crippen LogP) is 3.11. The Morgan fingerprint density at radius 3 is 3.12 bits per heavy atom. The summed E-state index contributed by atoms with van der Waals surface area (Å²) in [6.45, 7) is 0.856. The first-order valence-corrected chi connectivity index (χ1v) is 6.83. The van der Waals surface area contributed by atoms with E-state index in [0.717, 1.165) is 30.8 Å². The number of nitrogens with zero attached hydrogens (tertiary/aromatic N) is 1. The Morgan fingerprint density at radius 1 is 1.53 bits per heavy atom. The molecule has 0 radical (unpaired) electrons. The Morgan fingerprint density at radius 2 is 2.41 bits per heavy atom. The summed E-state index contributed by atoms with van der Waals surface area (Å²) in [7, 11) is 0. The fraction of sp³-hybridized carbons (Fsp3) is 0.462. The first-order valence-electron chi connectivity index (χ1n) is 5.67. The van der Waals surface area contributed by atoms with Gasteiger partial charge in [0.15, 0.2) is 0 Å². The van der Waals surface area contributed by atoms with Crippen LogP contribution in [-0.4, -0.2) is 18.5 Å². The third-order valence-corrected chi connectivity index (χ3v) is 3.90. The van der Waals surface area contributed by atoms with Crippen LogP contribution in [-0.2, 0) is 10.5 Å². The number of hydrogen-bond acceptors (Lipinski definition) is 3. The maximum atomic E-state index is 13.1. The molecule has 0 aromatic heterocycles. The highest BCUT2D eigenvalue weighted by Crippen LogP contribution is 2.22. The van der Waals surface area contributed by atoms with Crippen LogP contribution in [0.5, 0.6) is 0 Å². The van der Waals surface area contributed by atoms with E-state index in [1.54, 1.807) is 11.8 Å². The molecule has 0 amide bonds. The normalized spacial score (nSPS) is 19.2. The Bertz CT molecular complexity index is 424. The molecule has 0 bridgehead atoms. The van der Waals surface area contributed by atoms with Crippen molar-refractivity contribution >= 4 is 11.8 Å². The molecule has 17 heavy (non-hydrogen) atoms. The van der Waals surface area contributed by atoms with Gasteiger partial charge in [0.05, 0.1) is 17.7 Å². The molecular formula is C13H14FNOS. The topological polar surface area (TPSA) is 33.0 Å². The molecule has 1 saturated heterocycles. The van der Waals surface area contributed by atoms with E-state index in [9.17, 15) is 4.39 Å². The van der Waals surface area contributed by atoms with Gasteiger partial charge in [-0.05, 0) is 36.6 Å². The summed E-state index contributed by atoms with van der Waals surface area (Å²) < 4.78 is 18.6. The van der Waals surface area contributed by atoms with E-state index in [2.05, 4.69) is 6.07 Å². The van der Waals surface area contributed by atoms with Crippen molar-refractivity contribution < 1.29 is 9.13 Å². The Balaban J connectivity index is 1.89. The Kier molecular flexibility index (Phi) is 4.41. The minimum absolute atomic E-state index is 0.281. The first kappa shape index (κ1) is 12.4. The highest BCUT2D eigenvalue weighted by Gasteiger charge is 2.15. The van der Waals surface area contributed by atoms with Crippen LogP contribution in [0.1, 0.15) is 24.0 Å². The molecule has 2 rings (SSSR count). The number of hydrogen-bond donors (Lipinski definition) is 0. The van der Waals surface area contributed by atoms with Crippen molar-refractivity contribution in [3.05, 3.63) is 35.1 Å². The summed E-state index contributed by atoms with van der Waals surface area (Å²) in [5.74, 6) is 1.30. The van der Waals surface area contributed by atoms with E-state index in [1.807, 2.05) is 0 Å². The highest BCUT2D eigenvalue weighted by atomic mass is 32.2. The molecule has 0 saturated carbocycles. The van der Waals surface area contributed by atoms with Gasteiger partial charge in [-0.15, -0.1) is 0 Å². The molecule has 1 atom stereocenters. The molecule has 1 heterocycles. The second-order valence-corrected chi connectivity index (χ2v) is 5.09. The molecule has 2 nitrogen and oxygen atoms in total. The minimum Gasteiger partial charge on any atom is -0.377 e. The molecule has 0 aliphatic carbocycles. The Labute approximate surface area is 105 Å². The van der Waals surface area contributed by atoms with Gasteiger partial charge in [0.2, 0.25) is 0 Å².